The molecule has 1 N–H and O–H groups in total. The molecule has 0 aliphatic carbocycles. The summed E-state index contributed by atoms with van der Waals surface area (Å²) in [5.41, 5.74) is 0.928. The standard InChI is InChI=1S/C13H20N4O2/c1-3-6-16(11-4-5-14-9-11)13-12(17(18)19)7-10(2)8-15-13/h7-8,11,14H,3-6,9H2,1-2H3. The van der Waals surface area contributed by atoms with Crippen LogP contribution in [0.2, 0.25) is 0 Å². The Hall–Kier alpha value is -1.69. The van der Waals surface area contributed by atoms with Crippen molar-refractivity contribution in [2.75, 3.05) is 24.5 Å². The van der Waals surface area contributed by atoms with E-state index in [1.165, 1.54) is 0 Å². The maximum absolute atomic E-state index is 11.2. The highest BCUT2D eigenvalue weighted by molar-refractivity contribution is 5.59. The summed E-state index contributed by atoms with van der Waals surface area (Å²) in [4.78, 5) is 17.3. The topological polar surface area (TPSA) is 71.3 Å². The van der Waals surface area contributed by atoms with Gasteiger partial charge < -0.3 is 10.2 Å². The van der Waals surface area contributed by atoms with Crippen LogP contribution in [-0.4, -0.2) is 35.6 Å². The molecular formula is C13H20N4O2. The summed E-state index contributed by atoms with van der Waals surface area (Å²) < 4.78 is 0. The summed E-state index contributed by atoms with van der Waals surface area (Å²) in [5, 5.41) is 14.5. The first kappa shape index (κ1) is 13.7. The lowest BCUT2D eigenvalue weighted by atomic mass is 10.2. The third-order valence-electron chi connectivity index (χ3n) is 3.39. The van der Waals surface area contributed by atoms with Crippen LogP contribution in [0.1, 0.15) is 25.3 Å². The molecular weight excluding hydrogens is 244 g/mol. The molecule has 0 saturated carbocycles. The van der Waals surface area contributed by atoms with Crippen LogP contribution in [0.3, 0.4) is 0 Å². The minimum absolute atomic E-state index is 0.111. The first-order chi connectivity index (χ1) is 9.13. The summed E-state index contributed by atoms with van der Waals surface area (Å²) in [6, 6.07) is 1.90. The van der Waals surface area contributed by atoms with Crippen LogP contribution >= 0.6 is 0 Å². The first-order valence-electron chi connectivity index (χ1n) is 6.72. The molecule has 1 saturated heterocycles. The Morgan fingerprint density at radius 3 is 3.00 bits per heavy atom. The van der Waals surface area contributed by atoms with E-state index in [1.807, 2.05) is 6.92 Å². The van der Waals surface area contributed by atoms with Gasteiger partial charge in [-0.3, -0.25) is 10.1 Å². The molecule has 6 heteroatoms. The van der Waals surface area contributed by atoms with Gasteiger partial charge in [0.2, 0.25) is 5.82 Å². The Labute approximate surface area is 113 Å². The van der Waals surface area contributed by atoms with Crippen molar-refractivity contribution in [3.63, 3.8) is 0 Å². The largest absolute Gasteiger partial charge is 0.347 e. The van der Waals surface area contributed by atoms with E-state index in [4.69, 9.17) is 0 Å². The number of hydrogen-bond donors (Lipinski definition) is 1. The van der Waals surface area contributed by atoms with Gasteiger partial charge in [-0.2, -0.15) is 0 Å². The van der Waals surface area contributed by atoms with E-state index in [-0.39, 0.29) is 10.6 Å². The second-order valence-electron chi connectivity index (χ2n) is 4.95. The third kappa shape index (κ3) is 3.01. The monoisotopic (exact) mass is 264 g/mol. The van der Waals surface area contributed by atoms with Crippen molar-refractivity contribution in [2.45, 2.75) is 32.7 Å². The van der Waals surface area contributed by atoms with Crippen molar-refractivity contribution in [1.29, 1.82) is 0 Å². The Morgan fingerprint density at radius 2 is 2.42 bits per heavy atom. The number of rotatable bonds is 5. The fourth-order valence-electron chi connectivity index (χ4n) is 2.51. The maximum Gasteiger partial charge on any atom is 0.311 e. The zero-order chi connectivity index (χ0) is 13.8. The first-order valence-corrected chi connectivity index (χ1v) is 6.72. The molecule has 1 aliphatic heterocycles. The average Bonchev–Trinajstić information content (AvgIpc) is 2.90. The van der Waals surface area contributed by atoms with Gasteiger partial charge in [-0.1, -0.05) is 6.92 Å². The second-order valence-corrected chi connectivity index (χ2v) is 4.95. The molecule has 0 radical (unpaired) electrons. The molecule has 1 aromatic heterocycles. The van der Waals surface area contributed by atoms with E-state index >= 15 is 0 Å². The van der Waals surface area contributed by atoms with Crippen LogP contribution in [0.25, 0.3) is 0 Å². The quantitative estimate of drug-likeness (QED) is 0.649. The van der Waals surface area contributed by atoms with Crippen LogP contribution in [0, 0.1) is 17.0 Å². The molecule has 0 aromatic carbocycles. The number of hydrogen-bond acceptors (Lipinski definition) is 5. The van der Waals surface area contributed by atoms with Crippen LogP contribution in [0.5, 0.6) is 0 Å². The van der Waals surface area contributed by atoms with E-state index in [9.17, 15) is 10.1 Å². The molecule has 2 heterocycles. The zero-order valence-electron chi connectivity index (χ0n) is 11.4. The minimum atomic E-state index is -0.333. The zero-order valence-corrected chi connectivity index (χ0v) is 11.4. The van der Waals surface area contributed by atoms with Gasteiger partial charge in [0.1, 0.15) is 0 Å². The predicted molar refractivity (Wildman–Crippen MR) is 74.5 cm³/mol. The van der Waals surface area contributed by atoms with Gasteiger partial charge >= 0.3 is 5.69 Å². The predicted octanol–water partition coefficient (Wildman–Crippen LogP) is 1.88. The van der Waals surface area contributed by atoms with Gasteiger partial charge in [0.15, 0.2) is 0 Å². The summed E-state index contributed by atoms with van der Waals surface area (Å²) >= 11 is 0. The lowest BCUT2D eigenvalue weighted by Crippen LogP contribution is -2.38. The highest BCUT2D eigenvalue weighted by atomic mass is 16.6. The average molecular weight is 264 g/mol. The van der Waals surface area contributed by atoms with E-state index in [0.29, 0.717) is 11.9 Å². The van der Waals surface area contributed by atoms with Crippen LogP contribution < -0.4 is 10.2 Å². The highest BCUT2D eigenvalue weighted by Gasteiger charge is 2.28. The number of pyridine rings is 1. The molecule has 1 aromatic rings. The molecule has 104 valence electrons. The van der Waals surface area contributed by atoms with Gasteiger partial charge in [0.25, 0.3) is 0 Å². The summed E-state index contributed by atoms with van der Waals surface area (Å²) in [7, 11) is 0. The third-order valence-corrected chi connectivity index (χ3v) is 3.39. The Morgan fingerprint density at radius 1 is 1.63 bits per heavy atom. The van der Waals surface area contributed by atoms with Gasteiger partial charge in [-0.15, -0.1) is 0 Å². The second kappa shape index (κ2) is 5.97. The molecule has 1 atom stereocenters. The highest BCUT2D eigenvalue weighted by Crippen LogP contribution is 2.29. The van der Waals surface area contributed by atoms with Crippen molar-refractivity contribution in [2.24, 2.45) is 0 Å². The number of nitrogens with zero attached hydrogens (tertiary/aromatic N) is 3. The molecule has 0 amide bonds. The number of nitro groups is 1. The number of nitrogens with one attached hydrogen (secondary N) is 1. The molecule has 2 rings (SSSR count). The van der Waals surface area contributed by atoms with Gasteiger partial charge in [0.05, 0.1) is 4.92 Å². The lowest BCUT2D eigenvalue weighted by molar-refractivity contribution is -0.384. The van der Waals surface area contributed by atoms with E-state index in [1.54, 1.807) is 12.3 Å². The molecule has 6 nitrogen and oxygen atoms in total. The van der Waals surface area contributed by atoms with Crippen molar-refractivity contribution in [3.05, 3.63) is 27.9 Å². The fraction of sp³-hybridized carbons (Fsp3) is 0.615. The van der Waals surface area contributed by atoms with E-state index in [2.05, 4.69) is 22.1 Å². The Kier molecular flexibility index (Phi) is 4.31. The SMILES string of the molecule is CCCN(c1ncc(C)cc1[N+](=O)[O-])C1CCNC1. The smallest absolute Gasteiger partial charge is 0.311 e. The van der Waals surface area contributed by atoms with Crippen molar-refractivity contribution in [3.8, 4) is 0 Å². The summed E-state index contributed by atoms with van der Waals surface area (Å²) in [6.45, 7) is 6.53. The van der Waals surface area contributed by atoms with Crippen LogP contribution in [0.15, 0.2) is 12.3 Å². The van der Waals surface area contributed by atoms with Gasteiger partial charge in [-0.25, -0.2) is 4.98 Å². The van der Waals surface area contributed by atoms with E-state index < -0.39 is 0 Å². The lowest BCUT2D eigenvalue weighted by Gasteiger charge is -2.28. The number of anilines is 1. The number of aromatic nitrogens is 1. The normalized spacial score (nSPS) is 18.5. The summed E-state index contributed by atoms with van der Waals surface area (Å²) in [5.74, 6) is 0.506. The van der Waals surface area contributed by atoms with Crippen molar-refractivity contribution >= 4 is 11.5 Å². The molecule has 1 aliphatic rings. The molecule has 1 fully saturated rings. The molecule has 0 spiro atoms. The molecule has 0 bridgehead atoms. The van der Waals surface area contributed by atoms with Gasteiger partial charge in [0, 0.05) is 31.4 Å². The van der Waals surface area contributed by atoms with Gasteiger partial charge in [-0.05, 0) is 31.9 Å². The Balaban J connectivity index is 2.37. The maximum atomic E-state index is 11.2. The molecule has 19 heavy (non-hydrogen) atoms. The fourth-order valence-corrected chi connectivity index (χ4v) is 2.51. The Bertz CT molecular complexity index is 458. The van der Waals surface area contributed by atoms with Crippen molar-refractivity contribution < 1.29 is 4.92 Å². The van der Waals surface area contributed by atoms with Crippen LogP contribution in [0.4, 0.5) is 11.5 Å². The van der Waals surface area contributed by atoms with E-state index in [0.717, 1.165) is 38.0 Å². The summed E-state index contributed by atoms with van der Waals surface area (Å²) in [6.07, 6.45) is 3.66. The van der Waals surface area contributed by atoms with Crippen molar-refractivity contribution in [1.82, 2.24) is 10.3 Å². The minimum Gasteiger partial charge on any atom is -0.347 e. The van der Waals surface area contributed by atoms with Crippen LogP contribution in [-0.2, 0) is 0 Å². The number of aryl methyl sites for hydroxylation is 1. The molecule has 1 unspecified atom stereocenters.